The first-order valence-electron chi connectivity index (χ1n) is 5.80. The summed E-state index contributed by atoms with van der Waals surface area (Å²) >= 11 is 0. The smallest absolute Gasteiger partial charge is 0.220 e. The Morgan fingerprint density at radius 3 is 3.00 bits per heavy atom. The quantitative estimate of drug-likeness (QED) is 0.674. The maximum Gasteiger partial charge on any atom is 0.220 e. The summed E-state index contributed by atoms with van der Waals surface area (Å²) in [6.45, 7) is 8.50. The second-order valence-corrected chi connectivity index (χ2v) is 4.48. The number of hydrogen-bond donors (Lipinski definition) is 2. The van der Waals surface area contributed by atoms with Gasteiger partial charge in [0.05, 0.1) is 0 Å². The van der Waals surface area contributed by atoms with E-state index in [9.17, 15) is 4.79 Å². The van der Waals surface area contributed by atoms with E-state index in [1.807, 2.05) is 6.92 Å². The molecule has 1 unspecified atom stereocenters. The molecule has 1 fully saturated rings. The Morgan fingerprint density at radius 1 is 1.60 bits per heavy atom. The van der Waals surface area contributed by atoms with Gasteiger partial charge in [0.15, 0.2) is 0 Å². The van der Waals surface area contributed by atoms with E-state index in [4.69, 9.17) is 0 Å². The lowest BCUT2D eigenvalue weighted by Gasteiger charge is -2.22. The van der Waals surface area contributed by atoms with Gasteiger partial charge >= 0.3 is 0 Å². The van der Waals surface area contributed by atoms with Crippen molar-refractivity contribution in [2.24, 2.45) is 5.92 Å². The van der Waals surface area contributed by atoms with Gasteiger partial charge in [-0.25, -0.2) is 0 Å². The van der Waals surface area contributed by atoms with Crippen LogP contribution in [0.1, 0.15) is 32.6 Å². The van der Waals surface area contributed by atoms with Crippen molar-refractivity contribution in [2.75, 3.05) is 19.6 Å². The molecule has 0 aromatic heterocycles. The molecule has 0 aromatic rings. The van der Waals surface area contributed by atoms with Gasteiger partial charge in [0, 0.05) is 13.0 Å². The Bertz CT molecular complexity index is 220. The van der Waals surface area contributed by atoms with Crippen LogP contribution in [0.25, 0.3) is 0 Å². The largest absolute Gasteiger partial charge is 0.352 e. The van der Waals surface area contributed by atoms with Crippen LogP contribution >= 0.6 is 0 Å². The normalized spacial score (nSPS) is 21.0. The zero-order chi connectivity index (χ0) is 11.1. The summed E-state index contributed by atoms with van der Waals surface area (Å²) in [5, 5.41) is 6.23. The van der Waals surface area contributed by atoms with Crippen LogP contribution in [0, 0.1) is 5.92 Å². The number of piperidine rings is 1. The summed E-state index contributed by atoms with van der Waals surface area (Å²) < 4.78 is 0. The lowest BCUT2D eigenvalue weighted by molar-refractivity contribution is -0.121. The van der Waals surface area contributed by atoms with E-state index in [2.05, 4.69) is 17.2 Å². The van der Waals surface area contributed by atoms with E-state index in [1.54, 1.807) is 0 Å². The van der Waals surface area contributed by atoms with Crippen molar-refractivity contribution in [3.63, 3.8) is 0 Å². The zero-order valence-corrected chi connectivity index (χ0v) is 9.64. The van der Waals surface area contributed by atoms with E-state index in [-0.39, 0.29) is 5.91 Å². The molecule has 1 aliphatic rings. The van der Waals surface area contributed by atoms with Gasteiger partial charge in [0.1, 0.15) is 0 Å². The highest BCUT2D eigenvalue weighted by Crippen LogP contribution is 2.15. The summed E-state index contributed by atoms with van der Waals surface area (Å²) in [6.07, 6.45) is 4.17. The van der Waals surface area contributed by atoms with Crippen molar-refractivity contribution in [3.8, 4) is 0 Å². The second kappa shape index (κ2) is 6.62. The summed E-state index contributed by atoms with van der Waals surface area (Å²) in [5.41, 5.74) is 1.00. The fourth-order valence-electron chi connectivity index (χ4n) is 1.84. The van der Waals surface area contributed by atoms with Crippen LogP contribution < -0.4 is 10.6 Å². The van der Waals surface area contributed by atoms with E-state index in [0.29, 0.717) is 18.9 Å². The van der Waals surface area contributed by atoms with Crippen molar-refractivity contribution in [1.82, 2.24) is 10.6 Å². The SMILES string of the molecule is C=C(C)CNC(=O)CCC1CCCNC1. The van der Waals surface area contributed by atoms with Crippen LogP contribution in [0.3, 0.4) is 0 Å². The van der Waals surface area contributed by atoms with E-state index < -0.39 is 0 Å². The van der Waals surface area contributed by atoms with E-state index >= 15 is 0 Å². The molecule has 0 radical (unpaired) electrons. The third kappa shape index (κ3) is 5.57. The average molecular weight is 210 g/mol. The number of hydrogen-bond acceptors (Lipinski definition) is 2. The van der Waals surface area contributed by atoms with Gasteiger partial charge in [-0.2, -0.15) is 0 Å². The number of carbonyl (C=O) groups is 1. The third-order valence-electron chi connectivity index (χ3n) is 2.77. The van der Waals surface area contributed by atoms with Gasteiger partial charge in [-0.15, -0.1) is 0 Å². The third-order valence-corrected chi connectivity index (χ3v) is 2.77. The summed E-state index contributed by atoms with van der Waals surface area (Å²) in [7, 11) is 0. The summed E-state index contributed by atoms with van der Waals surface area (Å²) in [4.78, 5) is 11.4. The highest BCUT2D eigenvalue weighted by Gasteiger charge is 2.13. The Hall–Kier alpha value is -0.830. The van der Waals surface area contributed by atoms with E-state index in [0.717, 1.165) is 25.1 Å². The van der Waals surface area contributed by atoms with Crippen molar-refractivity contribution >= 4 is 5.91 Å². The minimum absolute atomic E-state index is 0.156. The number of nitrogens with one attached hydrogen (secondary N) is 2. The first-order valence-corrected chi connectivity index (χ1v) is 5.80. The molecule has 3 nitrogen and oxygen atoms in total. The Kier molecular flexibility index (Phi) is 5.40. The fraction of sp³-hybridized carbons (Fsp3) is 0.750. The van der Waals surface area contributed by atoms with Gasteiger partial charge in [0.2, 0.25) is 5.91 Å². The van der Waals surface area contributed by atoms with Crippen LogP contribution in [-0.2, 0) is 4.79 Å². The van der Waals surface area contributed by atoms with Crippen molar-refractivity contribution in [2.45, 2.75) is 32.6 Å². The van der Waals surface area contributed by atoms with Gasteiger partial charge in [-0.3, -0.25) is 4.79 Å². The van der Waals surface area contributed by atoms with E-state index in [1.165, 1.54) is 12.8 Å². The Morgan fingerprint density at radius 2 is 2.40 bits per heavy atom. The number of carbonyl (C=O) groups excluding carboxylic acids is 1. The highest BCUT2D eigenvalue weighted by atomic mass is 16.1. The Balaban J connectivity index is 2.07. The fourth-order valence-corrected chi connectivity index (χ4v) is 1.84. The lowest BCUT2D eigenvalue weighted by Crippen LogP contribution is -2.31. The van der Waals surface area contributed by atoms with Crippen LogP contribution in [0.5, 0.6) is 0 Å². The molecule has 0 spiro atoms. The zero-order valence-electron chi connectivity index (χ0n) is 9.64. The molecule has 2 N–H and O–H groups in total. The molecule has 1 saturated heterocycles. The van der Waals surface area contributed by atoms with Crippen molar-refractivity contribution < 1.29 is 4.79 Å². The summed E-state index contributed by atoms with van der Waals surface area (Å²) in [5.74, 6) is 0.845. The van der Waals surface area contributed by atoms with Gasteiger partial charge in [0.25, 0.3) is 0 Å². The molecule has 1 rings (SSSR count). The van der Waals surface area contributed by atoms with Crippen LogP contribution in [-0.4, -0.2) is 25.5 Å². The predicted molar refractivity (Wildman–Crippen MR) is 62.7 cm³/mol. The first-order chi connectivity index (χ1) is 7.18. The van der Waals surface area contributed by atoms with Crippen LogP contribution in [0.2, 0.25) is 0 Å². The monoisotopic (exact) mass is 210 g/mol. The minimum Gasteiger partial charge on any atom is -0.352 e. The molecular weight excluding hydrogens is 188 g/mol. The molecule has 86 valence electrons. The Labute approximate surface area is 92.3 Å². The molecule has 3 heteroatoms. The number of rotatable bonds is 5. The predicted octanol–water partition coefficient (Wildman–Crippen LogP) is 1.46. The van der Waals surface area contributed by atoms with Gasteiger partial charge in [-0.1, -0.05) is 12.2 Å². The molecule has 0 saturated carbocycles. The number of amides is 1. The highest BCUT2D eigenvalue weighted by molar-refractivity contribution is 5.76. The lowest BCUT2D eigenvalue weighted by atomic mass is 9.94. The molecule has 1 heterocycles. The summed E-state index contributed by atoms with van der Waals surface area (Å²) in [6, 6.07) is 0. The standard InChI is InChI=1S/C12H22N2O/c1-10(2)8-14-12(15)6-5-11-4-3-7-13-9-11/h11,13H,1,3-9H2,2H3,(H,14,15). The molecule has 0 aliphatic carbocycles. The molecule has 1 atom stereocenters. The minimum atomic E-state index is 0.156. The first kappa shape index (κ1) is 12.2. The molecule has 15 heavy (non-hydrogen) atoms. The molecule has 1 aliphatic heterocycles. The maximum absolute atomic E-state index is 11.4. The van der Waals surface area contributed by atoms with Crippen molar-refractivity contribution in [3.05, 3.63) is 12.2 Å². The van der Waals surface area contributed by atoms with Crippen LogP contribution in [0.4, 0.5) is 0 Å². The molecular formula is C12H22N2O. The maximum atomic E-state index is 11.4. The van der Waals surface area contributed by atoms with Gasteiger partial charge < -0.3 is 10.6 Å². The van der Waals surface area contributed by atoms with Gasteiger partial charge in [-0.05, 0) is 45.2 Å². The van der Waals surface area contributed by atoms with Crippen LogP contribution in [0.15, 0.2) is 12.2 Å². The molecule has 1 amide bonds. The topological polar surface area (TPSA) is 41.1 Å². The molecule has 0 bridgehead atoms. The van der Waals surface area contributed by atoms with Crippen molar-refractivity contribution in [1.29, 1.82) is 0 Å². The second-order valence-electron chi connectivity index (χ2n) is 4.48. The molecule has 0 aromatic carbocycles. The average Bonchev–Trinajstić information content (AvgIpc) is 2.25.